The molecule has 18 heavy (non-hydrogen) atoms. The first-order valence-electron chi connectivity index (χ1n) is 6.76. The summed E-state index contributed by atoms with van der Waals surface area (Å²) in [6.45, 7) is 4.76. The smallest absolute Gasteiger partial charge is 0.308 e. The van der Waals surface area contributed by atoms with Gasteiger partial charge in [-0.25, -0.2) is 0 Å². The number of rotatable bonds is 2. The number of nitrogens with zero attached hydrogens (tertiary/aromatic N) is 1. The molecule has 0 aromatic carbocycles. The van der Waals surface area contributed by atoms with Gasteiger partial charge in [-0.3, -0.25) is 9.59 Å². The highest BCUT2D eigenvalue weighted by Crippen LogP contribution is 2.30. The summed E-state index contributed by atoms with van der Waals surface area (Å²) >= 11 is 0. The van der Waals surface area contributed by atoms with E-state index in [9.17, 15) is 9.59 Å². The maximum Gasteiger partial charge on any atom is 0.308 e. The molecule has 0 aromatic rings. The van der Waals surface area contributed by atoms with E-state index in [0.29, 0.717) is 26.1 Å². The maximum atomic E-state index is 12.5. The summed E-state index contributed by atoms with van der Waals surface area (Å²) in [5.74, 6) is -1.04. The number of carboxylic acid groups (broad SMARTS) is 1. The quantitative estimate of drug-likeness (QED) is 0.761. The van der Waals surface area contributed by atoms with E-state index in [-0.39, 0.29) is 17.2 Å². The van der Waals surface area contributed by atoms with Gasteiger partial charge in [-0.05, 0) is 39.2 Å². The second kappa shape index (κ2) is 5.26. The number of nitrogens with one attached hydrogen (secondary N) is 1. The first kappa shape index (κ1) is 13.3. The van der Waals surface area contributed by atoms with Crippen LogP contribution in [-0.4, -0.2) is 48.1 Å². The largest absolute Gasteiger partial charge is 0.481 e. The zero-order valence-corrected chi connectivity index (χ0v) is 10.9. The minimum Gasteiger partial charge on any atom is -0.481 e. The Kier molecular flexibility index (Phi) is 3.90. The van der Waals surface area contributed by atoms with E-state index in [1.54, 1.807) is 4.90 Å². The third kappa shape index (κ3) is 2.66. The van der Waals surface area contributed by atoms with E-state index in [1.165, 1.54) is 0 Å². The van der Waals surface area contributed by atoms with Crippen molar-refractivity contribution in [3.05, 3.63) is 0 Å². The molecule has 1 unspecified atom stereocenters. The monoisotopic (exact) mass is 254 g/mol. The van der Waals surface area contributed by atoms with Crippen molar-refractivity contribution < 1.29 is 14.7 Å². The Balaban J connectivity index is 2.01. The number of likely N-dealkylation sites (tertiary alicyclic amines) is 1. The van der Waals surface area contributed by atoms with Gasteiger partial charge < -0.3 is 15.3 Å². The van der Waals surface area contributed by atoms with Crippen LogP contribution < -0.4 is 5.32 Å². The van der Waals surface area contributed by atoms with Crippen molar-refractivity contribution in [2.75, 3.05) is 26.2 Å². The van der Waals surface area contributed by atoms with E-state index in [1.807, 2.05) is 6.92 Å². The molecule has 2 fully saturated rings. The molecule has 2 N–H and O–H groups in total. The van der Waals surface area contributed by atoms with Gasteiger partial charge in [-0.15, -0.1) is 0 Å². The summed E-state index contributed by atoms with van der Waals surface area (Å²) in [5.41, 5.74) is -0.349. The minimum atomic E-state index is -0.778. The van der Waals surface area contributed by atoms with Crippen LogP contribution in [0.25, 0.3) is 0 Å². The SMILES string of the molecule is CC1(C(=O)N2CCC[C@@H](C(=O)O)C2)CCCNC1. The Bertz CT molecular complexity index is 337. The highest BCUT2D eigenvalue weighted by atomic mass is 16.4. The van der Waals surface area contributed by atoms with Crippen LogP contribution in [-0.2, 0) is 9.59 Å². The molecule has 5 nitrogen and oxygen atoms in total. The molecule has 0 radical (unpaired) electrons. The van der Waals surface area contributed by atoms with Crippen LogP contribution in [0, 0.1) is 11.3 Å². The van der Waals surface area contributed by atoms with Crippen molar-refractivity contribution in [3.63, 3.8) is 0 Å². The molecular formula is C13H22N2O3. The molecule has 0 aliphatic carbocycles. The van der Waals surface area contributed by atoms with Gasteiger partial charge in [0.2, 0.25) is 5.91 Å². The number of carboxylic acids is 1. The van der Waals surface area contributed by atoms with Gasteiger partial charge in [0.1, 0.15) is 0 Å². The maximum absolute atomic E-state index is 12.5. The van der Waals surface area contributed by atoms with Crippen molar-refractivity contribution in [1.29, 1.82) is 0 Å². The van der Waals surface area contributed by atoms with Gasteiger partial charge in [0.05, 0.1) is 11.3 Å². The van der Waals surface area contributed by atoms with Crippen LogP contribution in [0.3, 0.4) is 0 Å². The highest BCUT2D eigenvalue weighted by molar-refractivity contribution is 5.83. The van der Waals surface area contributed by atoms with E-state index < -0.39 is 5.97 Å². The number of carbonyl (C=O) groups is 2. The van der Waals surface area contributed by atoms with E-state index in [2.05, 4.69) is 5.32 Å². The van der Waals surface area contributed by atoms with Gasteiger partial charge in [-0.2, -0.15) is 0 Å². The fourth-order valence-corrected chi connectivity index (χ4v) is 2.98. The normalized spacial score (nSPS) is 33.2. The Hall–Kier alpha value is -1.10. The van der Waals surface area contributed by atoms with Crippen LogP contribution in [0.15, 0.2) is 0 Å². The Morgan fingerprint density at radius 3 is 2.78 bits per heavy atom. The average molecular weight is 254 g/mol. The van der Waals surface area contributed by atoms with Crippen LogP contribution in [0.2, 0.25) is 0 Å². The third-order valence-corrected chi connectivity index (χ3v) is 4.17. The number of hydrogen-bond acceptors (Lipinski definition) is 3. The van der Waals surface area contributed by atoms with Crippen molar-refractivity contribution in [3.8, 4) is 0 Å². The average Bonchev–Trinajstić information content (AvgIpc) is 2.39. The number of piperidine rings is 2. The molecule has 2 heterocycles. The van der Waals surface area contributed by atoms with Crippen molar-refractivity contribution >= 4 is 11.9 Å². The van der Waals surface area contributed by atoms with Crippen LogP contribution in [0.5, 0.6) is 0 Å². The summed E-state index contributed by atoms with van der Waals surface area (Å²) in [6.07, 6.45) is 3.39. The lowest BCUT2D eigenvalue weighted by molar-refractivity contribution is -0.149. The second-order valence-corrected chi connectivity index (χ2v) is 5.77. The number of aliphatic carboxylic acids is 1. The molecule has 0 aromatic heterocycles. The predicted molar refractivity (Wildman–Crippen MR) is 67.2 cm³/mol. The number of hydrogen-bond donors (Lipinski definition) is 2. The molecule has 1 amide bonds. The van der Waals surface area contributed by atoms with Crippen molar-refractivity contribution in [1.82, 2.24) is 10.2 Å². The lowest BCUT2D eigenvalue weighted by Crippen LogP contribution is -2.53. The molecule has 2 aliphatic rings. The number of carbonyl (C=O) groups excluding carboxylic acids is 1. The summed E-state index contributed by atoms with van der Waals surface area (Å²) in [5, 5.41) is 12.3. The fraction of sp³-hybridized carbons (Fsp3) is 0.846. The van der Waals surface area contributed by atoms with Gasteiger partial charge in [-0.1, -0.05) is 0 Å². The molecule has 0 spiro atoms. The highest BCUT2D eigenvalue weighted by Gasteiger charge is 2.39. The summed E-state index contributed by atoms with van der Waals surface area (Å²) in [4.78, 5) is 25.3. The van der Waals surface area contributed by atoms with Crippen molar-refractivity contribution in [2.24, 2.45) is 11.3 Å². The third-order valence-electron chi connectivity index (χ3n) is 4.17. The minimum absolute atomic E-state index is 0.126. The van der Waals surface area contributed by atoms with Crippen LogP contribution in [0.4, 0.5) is 0 Å². The Morgan fingerprint density at radius 2 is 2.17 bits per heavy atom. The molecule has 2 saturated heterocycles. The first-order valence-corrected chi connectivity index (χ1v) is 6.76. The van der Waals surface area contributed by atoms with E-state index >= 15 is 0 Å². The summed E-state index contributed by atoms with van der Waals surface area (Å²) in [6, 6.07) is 0. The molecule has 102 valence electrons. The molecule has 2 rings (SSSR count). The van der Waals surface area contributed by atoms with Gasteiger partial charge in [0, 0.05) is 19.6 Å². The lowest BCUT2D eigenvalue weighted by atomic mass is 9.80. The molecule has 5 heteroatoms. The Morgan fingerprint density at radius 1 is 1.39 bits per heavy atom. The zero-order chi connectivity index (χ0) is 13.2. The molecule has 2 aliphatic heterocycles. The second-order valence-electron chi connectivity index (χ2n) is 5.77. The predicted octanol–water partition coefficient (Wildman–Crippen LogP) is 0.699. The standard InChI is InChI=1S/C13H22N2O3/c1-13(5-3-6-14-9-13)12(18)15-7-2-4-10(8-15)11(16)17/h10,14H,2-9H2,1H3,(H,16,17)/t10-,13?/m1/s1. The first-order chi connectivity index (χ1) is 8.53. The topological polar surface area (TPSA) is 69.6 Å². The fourth-order valence-electron chi connectivity index (χ4n) is 2.98. The van der Waals surface area contributed by atoms with Crippen molar-refractivity contribution in [2.45, 2.75) is 32.6 Å². The Labute approximate surface area is 108 Å². The van der Waals surface area contributed by atoms with Gasteiger partial charge in [0.15, 0.2) is 0 Å². The molecule has 0 bridgehead atoms. The van der Waals surface area contributed by atoms with Gasteiger partial charge >= 0.3 is 5.97 Å². The van der Waals surface area contributed by atoms with E-state index in [0.717, 1.165) is 25.8 Å². The lowest BCUT2D eigenvalue weighted by Gasteiger charge is -2.40. The van der Waals surface area contributed by atoms with E-state index in [4.69, 9.17) is 5.11 Å². The molecule has 2 atom stereocenters. The number of amides is 1. The summed E-state index contributed by atoms with van der Waals surface area (Å²) in [7, 11) is 0. The van der Waals surface area contributed by atoms with Gasteiger partial charge in [0.25, 0.3) is 0 Å². The van der Waals surface area contributed by atoms with Crippen LogP contribution >= 0.6 is 0 Å². The summed E-state index contributed by atoms with van der Waals surface area (Å²) < 4.78 is 0. The molecule has 0 saturated carbocycles. The molecular weight excluding hydrogens is 232 g/mol. The van der Waals surface area contributed by atoms with Crippen LogP contribution in [0.1, 0.15) is 32.6 Å². The zero-order valence-electron chi connectivity index (χ0n) is 10.9.